The van der Waals surface area contributed by atoms with Crippen molar-refractivity contribution in [1.82, 2.24) is 10.6 Å². The van der Waals surface area contributed by atoms with E-state index < -0.39 is 0 Å². The smallest absolute Gasteiger partial charge is 0.336 e. The summed E-state index contributed by atoms with van der Waals surface area (Å²) in [6, 6.07) is 4.96. The number of hydrogen-bond donors (Lipinski definition) is 2. The molecule has 2 N–H and O–H groups in total. The predicted octanol–water partition coefficient (Wildman–Crippen LogP) is 7.98. The predicted molar refractivity (Wildman–Crippen MR) is 184 cm³/mol. The van der Waals surface area contributed by atoms with Crippen molar-refractivity contribution in [3.05, 3.63) is 43.7 Å². The molecule has 0 spiro atoms. The number of nitrogens with one attached hydrogen (secondary N) is 2. The first-order valence-electron chi connectivity index (χ1n) is 17.2. The van der Waals surface area contributed by atoms with E-state index in [0.29, 0.717) is 35.5 Å². The lowest BCUT2D eigenvalue weighted by Gasteiger charge is -2.36. The van der Waals surface area contributed by atoms with Crippen LogP contribution in [0.4, 0.5) is 0 Å². The average Bonchev–Trinajstić information content (AvgIpc) is 3.06. The minimum Gasteiger partial charge on any atom is -0.463 e. The van der Waals surface area contributed by atoms with Crippen molar-refractivity contribution in [2.45, 2.75) is 105 Å². The van der Waals surface area contributed by atoms with Gasteiger partial charge in [-0.3, -0.25) is 0 Å². The van der Waals surface area contributed by atoms with E-state index in [1.54, 1.807) is 23.5 Å². The molecule has 2 atom stereocenters. The van der Waals surface area contributed by atoms with Gasteiger partial charge in [0.05, 0.1) is 57.7 Å². The summed E-state index contributed by atoms with van der Waals surface area (Å²) in [5.74, 6) is 1.15. The highest BCUT2D eigenvalue weighted by Gasteiger charge is 2.41. The normalized spacial score (nSPS) is 23.0. The molecule has 2 saturated carbocycles. The zero-order chi connectivity index (χ0) is 33.1. The lowest BCUT2D eigenvalue weighted by Crippen LogP contribution is -2.34. The monoisotopic (exact) mass is 666 g/mol. The molecule has 0 radical (unpaired) electrons. The van der Waals surface area contributed by atoms with E-state index in [1.165, 1.54) is 12.8 Å². The number of allylic oxidation sites excluding steroid dienone is 4. The minimum absolute atomic E-state index is 0.217. The fourth-order valence-corrected chi connectivity index (χ4v) is 9.74. The average molecular weight is 667 g/mol. The van der Waals surface area contributed by atoms with Crippen molar-refractivity contribution in [2.24, 2.45) is 23.7 Å². The van der Waals surface area contributed by atoms with Crippen molar-refractivity contribution in [2.75, 3.05) is 24.7 Å². The van der Waals surface area contributed by atoms with Gasteiger partial charge in [0.1, 0.15) is 0 Å². The molecule has 2 aliphatic heterocycles. The fourth-order valence-electron chi connectivity index (χ4n) is 7.52. The largest absolute Gasteiger partial charge is 0.463 e. The third-order valence-corrected chi connectivity index (χ3v) is 11.9. The molecule has 8 nitrogen and oxygen atoms in total. The number of nitriles is 2. The Hall–Kier alpha value is -2.82. The number of thioether (sulfide) groups is 2. The number of esters is 2. The van der Waals surface area contributed by atoms with Crippen LogP contribution in [0.25, 0.3) is 0 Å². The van der Waals surface area contributed by atoms with Crippen molar-refractivity contribution >= 4 is 35.5 Å². The summed E-state index contributed by atoms with van der Waals surface area (Å²) >= 11 is 3.32. The van der Waals surface area contributed by atoms with Gasteiger partial charge in [-0.25, -0.2) is 9.59 Å². The van der Waals surface area contributed by atoms with Crippen molar-refractivity contribution in [3.63, 3.8) is 0 Å². The molecule has 0 aromatic heterocycles. The number of ether oxygens (including phenoxy) is 2. The number of hydrogen-bond acceptors (Lipinski definition) is 10. The molecule has 4 rings (SSSR count). The molecule has 10 heteroatoms. The van der Waals surface area contributed by atoms with Crippen LogP contribution in [-0.2, 0) is 19.1 Å². The number of dihydropyridines is 2. The van der Waals surface area contributed by atoms with Gasteiger partial charge < -0.3 is 20.1 Å². The van der Waals surface area contributed by atoms with E-state index in [2.05, 4.69) is 22.8 Å². The molecule has 0 amide bonds. The molecule has 0 aromatic rings. The Balaban J connectivity index is 1.40. The maximum absolute atomic E-state index is 13.0. The van der Waals surface area contributed by atoms with Crippen LogP contribution in [0.15, 0.2) is 43.7 Å². The topological polar surface area (TPSA) is 124 Å². The third-order valence-electron chi connectivity index (χ3n) is 9.65. The molecule has 0 bridgehead atoms. The van der Waals surface area contributed by atoms with Crippen LogP contribution in [0.1, 0.15) is 105 Å². The third kappa shape index (κ3) is 8.55. The van der Waals surface area contributed by atoms with Crippen LogP contribution in [-0.4, -0.2) is 36.7 Å². The van der Waals surface area contributed by atoms with E-state index in [9.17, 15) is 20.1 Å². The van der Waals surface area contributed by atoms with Gasteiger partial charge in [-0.05, 0) is 89.6 Å². The van der Waals surface area contributed by atoms with Crippen LogP contribution < -0.4 is 10.6 Å². The minimum atomic E-state index is -0.315. The first kappa shape index (κ1) is 36.0. The van der Waals surface area contributed by atoms with Crippen LogP contribution >= 0.6 is 23.5 Å². The summed E-state index contributed by atoms with van der Waals surface area (Å²) in [4.78, 5) is 26.1. The molecule has 0 aromatic carbocycles. The summed E-state index contributed by atoms with van der Waals surface area (Å²) < 4.78 is 10.9. The zero-order valence-corrected chi connectivity index (χ0v) is 29.6. The Morgan fingerprint density at radius 3 is 1.39 bits per heavy atom. The SMILES string of the molecule is CCOC(=O)C1=C(C)NC(SCCCCSC2=C(C#N)C(C3CCCCC3)C(C(=O)OCC)=C(C)N2)=C(C#N)C1C1CCCCC1. The Labute approximate surface area is 283 Å². The molecule has 2 heterocycles. The van der Waals surface area contributed by atoms with E-state index in [1.807, 2.05) is 27.7 Å². The van der Waals surface area contributed by atoms with E-state index >= 15 is 0 Å². The maximum atomic E-state index is 13.0. The molecular formula is C36H50N4O4S2. The summed E-state index contributed by atoms with van der Waals surface area (Å²) in [5.41, 5.74) is 4.17. The first-order chi connectivity index (χ1) is 22.4. The van der Waals surface area contributed by atoms with Gasteiger partial charge in [-0.1, -0.05) is 38.5 Å². The van der Waals surface area contributed by atoms with Gasteiger partial charge in [0.25, 0.3) is 0 Å². The Morgan fingerprint density at radius 1 is 0.696 bits per heavy atom. The van der Waals surface area contributed by atoms with Gasteiger partial charge in [-0.15, -0.1) is 23.5 Å². The molecule has 0 saturated heterocycles. The second kappa shape index (κ2) is 17.9. The summed E-state index contributed by atoms with van der Waals surface area (Å²) in [7, 11) is 0. The van der Waals surface area contributed by atoms with Crippen LogP contribution in [0.5, 0.6) is 0 Å². The molecular weight excluding hydrogens is 617 g/mol. The highest BCUT2D eigenvalue weighted by Crippen LogP contribution is 2.45. The Morgan fingerprint density at radius 2 is 1.07 bits per heavy atom. The summed E-state index contributed by atoms with van der Waals surface area (Å²) in [6.07, 6.45) is 12.9. The van der Waals surface area contributed by atoms with Crippen LogP contribution in [0.3, 0.4) is 0 Å². The van der Waals surface area contributed by atoms with E-state index in [4.69, 9.17) is 9.47 Å². The zero-order valence-electron chi connectivity index (χ0n) is 28.0. The standard InChI is InChI=1S/C36H50N4O4S2/c1-5-43-35(41)29-23(3)39-33(27(21-37)31(29)25-15-9-7-10-16-25)45-19-13-14-20-46-34-28(22-38)32(26-17-11-8-12-18-26)30(24(4)40-34)36(42)44-6-2/h25-26,31-32,39-40H,5-20H2,1-4H3. The molecule has 250 valence electrons. The van der Waals surface area contributed by atoms with Crippen LogP contribution in [0, 0.1) is 46.3 Å². The summed E-state index contributed by atoms with van der Waals surface area (Å²) in [5, 5.41) is 29.2. The quantitative estimate of drug-likeness (QED) is 0.148. The fraction of sp³-hybridized carbons (Fsp3) is 0.667. The lowest BCUT2D eigenvalue weighted by molar-refractivity contribution is -0.140. The van der Waals surface area contributed by atoms with Crippen molar-refractivity contribution in [3.8, 4) is 12.1 Å². The molecule has 2 unspecified atom stereocenters. The van der Waals surface area contributed by atoms with Crippen molar-refractivity contribution < 1.29 is 19.1 Å². The molecule has 46 heavy (non-hydrogen) atoms. The Bertz CT molecular complexity index is 1240. The van der Waals surface area contributed by atoms with Gasteiger partial charge in [-0.2, -0.15) is 10.5 Å². The molecule has 2 fully saturated rings. The number of rotatable bonds is 13. The highest BCUT2D eigenvalue weighted by molar-refractivity contribution is 8.03. The Kier molecular flexibility index (Phi) is 14.0. The molecule has 4 aliphatic rings. The van der Waals surface area contributed by atoms with Gasteiger partial charge in [0, 0.05) is 23.2 Å². The van der Waals surface area contributed by atoms with Gasteiger partial charge in [0.2, 0.25) is 0 Å². The van der Waals surface area contributed by atoms with E-state index in [0.717, 1.165) is 97.2 Å². The number of carbonyl (C=O) groups excluding carboxylic acids is 2. The lowest BCUT2D eigenvalue weighted by atomic mass is 9.72. The summed E-state index contributed by atoms with van der Waals surface area (Å²) in [6.45, 7) is 8.10. The number of carbonyl (C=O) groups is 2. The van der Waals surface area contributed by atoms with Crippen LogP contribution in [0.2, 0.25) is 0 Å². The molecule has 2 aliphatic carbocycles. The number of nitrogens with zero attached hydrogens (tertiary/aromatic N) is 2. The van der Waals surface area contributed by atoms with Gasteiger partial charge in [0.15, 0.2) is 0 Å². The van der Waals surface area contributed by atoms with Crippen molar-refractivity contribution in [1.29, 1.82) is 10.5 Å². The second-order valence-electron chi connectivity index (χ2n) is 12.6. The van der Waals surface area contributed by atoms with Gasteiger partial charge >= 0.3 is 11.9 Å². The second-order valence-corrected chi connectivity index (χ2v) is 14.8. The van der Waals surface area contributed by atoms with E-state index in [-0.39, 0.29) is 35.6 Å². The number of unbranched alkanes of at least 4 members (excludes halogenated alkanes) is 1. The first-order valence-corrected chi connectivity index (χ1v) is 19.2. The highest BCUT2D eigenvalue weighted by atomic mass is 32.2. The maximum Gasteiger partial charge on any atom is 0.336 e.